The second-order valence-corrected chi connectivity index (χ2v) is 5.07. The number of benzene rings is 1. The maximum atomic E-state index is 7.84. The number of para-hydroxylation sites is 1. The predicted octanol–water partition coefficient (Wildman–Crippen LogP) is 3.30. The van der Waals surface area contributed by atoms with Crippen molar-refractivity contribution in [3.8, 4) is 5.75 Å². The highest BCUT2D eigenvalue weighted by atomic mass is 79.9. The van der Waals surface area contributed by atoms with Crippen molar-refractivity contribution in [2.24, 2.45) is 0 Å². The summed E-state index contributed by atoms with van der Waals surface area (Å²) in [6.07, 6.45) is 0. The quantitative estimate of drug-likeness (QED) is 0.918. The molecule has 0 aliphatic rings. The highest BCUT2D eigenvalue weighted by Gasteiger charge is 2.04. The van der Waals surface area contributed by atoms with Gasteiger partial charge in [0.2, 0.25) is 0 Å². The van der Waals surface area contributed by atoms with Crippen LogP contribution >= 0.6 is 28.3 Å². The summed E-state index contributed by atoms with van der Waals surface area (Å²) in [7, 11) is 0. The number of aryl methyl sites for hydroxylation is 1. The predicted molar refractivity (Wildman–Crippen MR) is 79.9 cm³/mol. The number of rotatable bonds is 4. The van der Waals surface area contributed by atoms with Crippen LogP contribution in [0, 0.1) is 19.3 Å². The van der Waals surface area contributed by atoms with Gasteiger partial charge in [-0.3, -0.25) is 5.41 Å². The van der Waals surface area contributed by atoms with Gasteiger partial charge in [0.25, 0.3) is 0 Å². The third-order valence-electron chi connectivity index (χ3n) is 2.74. The number of halogens is 1. The summed E-state index contributed by atoms with van der Waals surface area (Å²) in [6.45, 7) is 5.42. The van der Waals surface area contributed by atoms with Gasteiger partial charge < -0.3 is 9.30 Å². The van der Waals surface area contributed by atoms with Crippen LogP contribution in [-0.4, -0.2) is 11.2 Å². The van der Waals surface area contributed by atoms with Crippen LogP contribution < -0.4 is 9.54 Å². The molecule has 18 heavy (non-hydrogen) atoms. The van der Waals surface area contributed by atoms with E-state index in [0.29, 0.717) is 11.4 Å². The summed E-state index contributed by atoms with van der Waals surface area (Å²) in [5.41, 5.74) is 1.16. The van der Waals surface area contributed by atoms with E-state index in [4.69, 9.17) is 10.1 Å². The van der Waals surface area contributed by atoms with Crippen molar-refractivity contribution in [1.29, 1.82) is 5.41 Å². The number of thiazole rings is 1. The van der Waals surface area contributed by atoms with Crippen LogP contribution in [0.5, 0.6) is 5.75 Å². The lowest BCUT2D eigenvalue weighted by Crippen LogP contribution is -2.19. The number of ether oxygens (including phenoxy) is 1. The highest BCUT2D eigenvalue weighted by molar-refractivity contribution is 8.93. The smallest absolute Gasteiger partial charge is 0.182 e. The zero-order valence-corrected chi connectivity index (χ0v) is 13.0. The summed E-state index contributed by atoms with van der Waals surface area (Å²) in [5.74, 6) is 0.879. The Morgan fingerprint density at radius 3 is 2.44 bits per heavy atom. The van der Waals surface area contributed by atoms with E-state index in [1.807, 2.05) is 48.7 Å². The Labute approximate surface area is 121 Å². The summed E-state index contributed by atoms with van der Waals surface area (Å²) in [5, 5.41) is 7.84. The molecule has 0 aliphatic carbocycles. The van der Waals surface area contributed by atoms with Gasteiger partial charge in [0.05, 0.1) is 6.54 Å². The Bertz CT molecular complexity index is 548. The number of hydrogen-bond donors (Lipinski definition) is 1. The molecule has 2 rings (SSSR count). The van der Waals surface area contributed by atoms with Crippen LogP contribution in [0.3, 0.4) is 0 Å². The first kappa shape index (κ1) is 15.0. The Morgan fingerprint density at radius 1 is 1.22 bits per heavy atom. The van der Waals surface area contributed by atoms with Crippen LogP contribution in [0.4, 0.5) is 0 Å². The topological polar surface area (TPSA) is 38.0 Å². The third-order valence-corrected chi connectivity index (χ3v) is 3.75. The average molecular weight is 329 g/mol. The monoisotopic (exact) mass is 328 g/mol. The molecule has 1 aromatic carbocycles. The van der Waals surface area contributed by atoms with Crippen molar-refractivity contribution >= 4 is 28.3 Å². The zero-order chi connectivity index (χ0) is 12.3. The molecule has 3 nitrogen and oxygen atoms in total. The van der Waals surface area contributed by atoms with E-state index < -0.39 is 0 Å². The Morgan fingerprint density at radius 2 is 1.89 bits per heavy atom. The summed E-state index contributed by atoms with van der Waals surface area (Å²) >= 11 is 1.52. The summed E-state index contributed by atoms with van der Waals surface area (Å²) in [4.78, 5) is 1.80. The van der Waals surface area contributed by atoms with Gasteiger partial charge in [-0.1, -0.05) is 18.2 Å². The Hall–Kier alpha value is -1.07. The molecule has 0 atom stereocenters. The molecule has 0 spiro atoms. The van der Waals surface area contributed by atoms with E-state index in [-0.39, 0.29) is 17.0 Å². The van der Waals surface area contributed by atoms with E-state index in [0.717, 1.165) is 18.0 Å². The molecule has 0 unspecified atom stereocenters. The van der Waals surface area contributed by atoms with Crippen LogP contribution in [0.2, 0.25) is 0 Å². The summed E-state index contributed by atoms with van der Waals surface area (Å²) < 4.78 is 7.62. The van der Waals surface area contributed by atoms with Crippen molar-refractivity contribution < 1.29 is 4.74 Å². The molecule has 98 valence electrons. The van der Waals surface area contributed by atoms with Crippen molar-refractivity contribution in [2.45, 2.75) is 20.4 Å². The van der Waals surface area contributed by atoms with Crippen molar-refractivity contribution in [1.82, 2.24) is 4.57 Å². The molecular formula is C13H17BrN2OS. The average Bonchev–Trinajstić information content (AvgIpc) is 2.57. The van der Waals surface area contributed by atoms with E-state index in [1.165, 1.54) is 16.2 Å². The fourth-order valence-electron chi connectivity index (χ4n) is 1.66. The van der Waals surface area contributed by atoms with Gasteiger partial charge in [0.1, 0.15) is 12.4 Å². The zero-order valence-electron chi connectivity index (χ0n) is 10.5. The molecular weight excluding hydrogens is 312 g/mol. The minimum atomic E-state index is 0. The summed E-state index contributed by atoms with van der Waals surface area (Å²) in [6, 6.07) is 9.77. The van der Waals surface area contributed by atoms with Gasteiger partial charge in [0.15, 0.2) is 4.80 Å². The van der Waals surface area contributed by atoms with Crippen LogP contribution in [-0.2, 0) is 6.54 Å². The second kappa shape index (κ2) is 6.75. The van der Waals surface area contributed by atoms with E-state index in [2.05, 4.69) is 0 Å². The molecule has 1 aromatic heterocycles. The maximum absolute atomic E-state index is 7.84. The Balaban J connectivity index is 0.00000162. The molecule has 1 N–H and O–H groups in total. The minimum absolute atomic E-state index is 0. The molecule has 0 radical (unpaired) electrons. The molecule has 0 aliphatic heterocycles. The van der Waals surface area contributed by atoms with Gasteiger partial charge in [-0.15, -0.1) is 28.3 Å². The normalized spacial score (nSPS) is 9.89. The molecule has 0 fully saturated rings. The molecule has 1 heterocycles. The molecule has 0 amide bonds. The van der Waals surface area contributed by atoms with E-state index in [1.54, 1.807) is 0 Å². The lowest BCUT2D eigenvalue weighted by Gasteiger charge is -2.08. The SMILES string of the molecule is Br.Cc1sc(=N)n(CCOc2ccccc2)c1C. The lowest BCUT2D eigenvalue weighted by atomic mass is 10.3. The van der Waals surface area contributed by atoms with Crippen molar-refractivity contribution in [3.63, 3.8) is 0 Å². The standard InChI is InChI=1S/C13H16N2OS.BrH/c1-10-11(2)17-13(14)15(10)8-9-16-12-6-4-3-5-7-12;/h3-7,14H,8-9H2,1-2H3;1H. The van der Waals surface area contributed by atoms with Crippen LogP contribution in [0.25, 0.3) is 0 Å². The fourth-order valence-corrected chi connectivity index (χ4v) is 2.54. The molecule has 5 heteroatoms. The largest absolute Gasteiger partial charge is 0.492 e. The first-order chi connectivity index (χ1) is 8.18. The van der Waals surface area contributed by atoms with Gasteiger partial charge in [-0.25, -0.2) is 0 Å². The first-order valence-electron chi connectivity index (χ1n) is 5.58. The number of hydrogen-bond acceptors (Lipinski definition) is 3. The highest BCUT2D eigenvalue weighted by Crippen LogP contribution is 2.11. The number of nitrogens with zero attached hydrogens (tertiary/aromatic N) is 1. The van der Waals surface area contributed by atoms with Crippen LogP contribution in [0.1, 0.15) is 10.6 Å². The van der Waals surface area contributed by atoms with Gasteiger partial charge in [0, 0.05) is 10.6 Å². The molecule has 2 aromatic rings. The Kier molecular flexibility index (Phi) is 5.62. The van der Waals surface area contributed by atoms with Crippen LogP contribution in [0.15, 0.2) is 30.3 Å². The fraction of sp³-hybridized carbons (Fsp3) is 0.308. The first-order valence-corrected chi connectivity index (χ1v) is 6.39. The minimum Gasteiger partial charge on any atom is -0.492 e. The van der Waals surface area contributed by atoms with E-state index >= 15 is 0 Å². The molecule has 0 bridgehead atoms. The van der Waals surface area contributed by atoms with Gasteiger partial charge >= 0.3 is 0 Å². The third kappa shape index (κ3) is 3.46. The lowest BCUT2D eigenvalue weighted by molar-refractivity contribution is 0.295. The van der Waals surface area contributed by atoms with Crippen molar-refractivity contribution in [2.75, 3.05) is 6.61 Å². The maximum Gasteiger partial charge on any atom is 0.182 e. The van der Waals surface area contributed by atoms with Gasteiger partial charge in [-0.2, -0.15) is 0 Å². The second-order valence-electron chi connectivity index (χ2n) is 3.86. The van der Waals surface area contributed by atoms with Crippen molar-refractivity contribution in [3.05, 3.63) is 45.7 Å². The molecule has 0 saturated carbocycles. The molecule has 0 saturated heterocycles. The van der Waals surface area contributed by atoms with Gasteiger partial charge in [-0.05, 0) is 26.0 Å². The van der Waals surface area contributed by atoms with E-state index in [9.17, 15) is 0 Å². The number of nitrogens with one attached hydrogen (secondary N) is 1. The number of aromatic nitrogens is 1.